The number of amides is 3. The fraction of sp³-hybridized carbons (Fsp3) is 0.462. The summed E-state index contributed by atoms with van der Waals surface area (Å²) in [6.45, 7) is 2.32. The first kappa shape index (κ1) is 30.1. The highest BCUT2D eigenvalue weighted by atomic mass is 19.4. The van der Waals surface area contributed by atoms with Gasteiger partial charge in [-0.3, -0.25) is 10.2 Å². The molecule has 1 aliphatic carbocycles. The average molecular weight is 589 g/mol. The van der Waals surface area contributed by atoms with Crippen LogP contribution < -0.4 is 30.3 Å². The number of nitrogens with zero attached hydrogens (tertiary/aromatic N) is 1. The van der Waals surface area contributed by atoms with Crippen molar-refractivity contribution in [3.8, 4) is 17.2 Å². The first-order valence-corrected chi connectivity index (χ1v) is 12.8. The van der Waals surface area contributed by atoms with E-state index < -0.39 is 36.3 Å². The highest BCUT2D eigenvalue weighted by Gasteiger charge is 2.32. The quantitative estimate of drug-likeness (QED) is 0.365. The molecule has 2 fully saturated rings. The van der Waals surface area contributed by atoms with Crippen LogP contribution in [0.1, 0.15) is 36.5 Å². The van der Waals surface area contributed by atoms with E-state index in [2.05, 4.69) is 25.5 Å². The standard InChI is InChI=1S/C26H29F5N4O6/c1-25(27,28)40-20-7-8-22(21(15-20)23(36)34-35-9-11-38-12-10-35)39-18-6-5-17(13-18)33-24(37)32-16-3-2-4-19(14-16)41-26(29,30)31/h2-4,7-8,14-15,17-18H,5-6,9-13H2,1H3,(H,34,36)(H2,32,33,37). The lowest BCUT2D eigenvalue weighted by Crippen LogP contribution is -2.48. The van der Waals surface area contributed by atoms with Gasteiger partial charge >= 0.3 is 18.5 Å². The molecule has 2 aliphatic rings. The molecule has 41 heavy (non-hydrogen) atoms. The number of urea groups is 1. The average Bonchev–Trinajstić information content (AvgIpc) is 3.30. The molecule has 3 N–H and O–H groups in total. The van der Waals surface area contributed by atoms with Crippen molar-refractivity contribution in [1.29, 1.82) is 0 Å². The zero-order valence-corrected chi connectivity index (χ0v) is 21.9. The number of halogens is 5. The van der Waals surface area contributed by atoms with Crippen LogP contribution >= 0.6 is 0 Å². The maximum atomic E-state index is 13.4. The van der Waals surface area contributed by atoms with Gasteiger partial charge in [0, 0.05) is 44.2 Å². The van der Waals surface area contributed by atoms with Crippen LogP contribution in [0.5, 0.6) is 17.2 Å². The second kappa shape index (κ2) is 12.8. The lowest BCUT2D eigenvalue weighted by molar-refractivity contribution is -0.274. The molecular formula is C26H29F5N4O6. The maximum absolute atomic E-state index is 13.4. The van der Waals surface area contributed by atoms with E-state index in [0.29, 0.717) is 52.5 Å². The summed E-state index contributed by atoms with van der Waals surface area (Å²) in [6.07, 6.45) is -7.35. The Bertz CT molecular complexity index is 1220. The van der Waals surface area contributed by atoms with Crippen molar-refractivity contribution in [1.82, 2.24) is 15.8 Å². The normalized spacial score (nSPS) is 19.8. The molecular weight excluding hydrogens is 559 g/mol. The van der Waals surface area contributed by atoms with Gasteiger partial charge in [-0.1, -0.05) is 6.07 Å². The van der Waals surface area contributed by atoms with Gasteiger partial charge in [-0.15, -0.1) is 13.2 Å². The Kier molecular flexibility index (Phi) is 9.38. The Morgan fingerprint density at radius 3 is 2.41 bits per heavy atom. The van der Waals surface area contributed by atoms with E-state index in [1.165, 1.54) is 30.3 Å². The number of ether oxygens (including phenoxy) is 4. The van der Waals surface area contributed by atoms with Crippen molar-refractivity contribution in [3.63, 3.8) is 0 Å². The van der Waals surface area contributed by atoms with Gasteiger partial charge in [0.15, 0.2) is 0 Å². The van der Waals surface area contributed by atoms with Crippen molar-refractivity contribution < 1.29 is 50.5 Å². The molecule has 15 heteroatoms. The molecule has 0 aromatic heterocycles. The van der Waals surface area contributed by atoms with Crippen molar-refractivity contribution in [2.45, 2.75) is 50.8 Å². The zero-order chi connectivity index (χ0) is 29.6. The third-order valence-corrected chi connectivity index (χ3v) is 6.10. The molecule has 10 nitrogen and oxygen atoms in total. The molecule has 2 atom stereocenters. The molecule has 1 saturated carbocycles. The van der Waals surface area contributed by atoms with Crippen LogP contribution in [0.15, 0.2) is 42.5 Å². The number of rotatable bonds is 9. The lowest BCUT2D eigenvalue weighted by atomic mass is 10.1. The zero-order valence-electron chi connectivity index (χ0n) is 21.9. The second-order valence-corrected chi connectivity index (χ2v) is 9.53. The predicted molar refractivity (Wildman–Crippen MR) is 135 cm³/mol. The number of carbonyl (C=O) groups excluding carboxylic acids is 2. The Morgan fingerprint density at radius 2 is 1.71 bits per heavy atom. The number of hydrogen-bond donors (Lipinski definition) is 3. The number of benzene rings is 2. The van der Waals surface area contributed by atoms with Crippen LogP contribution in [0.3, 0.4) is 0 Å². The Morgan fingerprint density at radius 1 is 0.976 bits per heavy atom. The van der Waals surface area contributed by atoms with Gasteiger partial charge in [-0.25, -0.2) is 9.80 Å². The van der Waals surface area contributed by atoms with Crippen LogP contribution in [0.25, 0.3) is 0 Å². The van der Waals surface area contributed by atoms with E-state index in [1.807, 2.05) is 0 Å². The monoisotopic (exact) mass is 588 g/mol. The van der Waals surface area contributed by atoms with Crippen LogP contribution in [-0.2, 0) is 4.74 Å². The molecule has 4 rings (SSSR count). The molecule has 0 spiro atoms. The highest BCUT2D eigenvalue weighted by Crippen LogP contribution is 2.32. The fourth-order valence-corrected chi connectivity index (χ4v) is 4.42. The summed E-state index contributed by atoms with van der Waals surface area (Å²) in [4.78, 5) is 25.5. The first-order valence-electron chi connectivity index (χ1n) is 12.8. The summed E-state index contributed by atoms with van der Waals surface area (Å²) in [5, 5.41) is 6.86. The number of alkyl halides is 5. The topological polar surface area (TPSA) is 110 Å². The number of anilines is 1. The third-order valence-electron chi connectivity index (χ3n) is 6.10. The van der Waals surface area contributed by atoms with Crippen LogP contribution in [0.4, 0.5) is 32.4 Å². The van der Waals surface area contributed by atoms with Gasteiger partial charge in [-0.2, -0.15) is 8.78 Å². The second-order valence-electron chi connectivity index (χ2n) is 9.53. The van der Waals surface area contributed by atoms with Gasteiger partial charge in [-0.05, 0) is 43.2 Å². The minimum atomic E-state index is -4.86. The molecule has 0 radical (unpaired) electrons. The Balaban J connectivity index is 1.37. The number of carbonyl (C=O) groups is 2. The van der Waals surface area contributed by atoms with Crippen LogP contribution in [0, 0.1) is 0 Å². The number of hydrazine groups is 1. The van der Waals surface area contributed by atoms with Crippen LogP contribution in [-0.4, -0.2) is 67.9 Å². The minimum Gasteiger partial charge on any atom is -0.490 e. The van der Waals surface area contributed by atoms with Crippen molar-refractivity contribution in [2.24, 2.45) is 0 Å². The smallest absolute Gasteiger partial charge is 0.490 e. The third kappa shape index (κ3) is 9.63. The highest BCUT2D eigenvalue weighted by molar-refractivity contribution is 5.97. The van der Waals surface area contributed by atoms with E-state index in [1.54, 1.807) is 5.01 Å². The summed E-state index contributed by atoms with van der Waals surface area (Å²) < 4.78 is 84.1. The predicted octanol–water partition coefficient (Wildman–Crippen LogP) is 4.68. The van der Waals surface area contributed by atoms with Gasteiger partial charge < -0.3 is 29.6 Å². The van der Waals surface area contributed by atoms with Gasteiger partial charge in [0.2, 0.25) is 0 Å². The van der Waals surface area contributed by atoms with E-state index in [-0.39, 0.29) is 28.8 Å². The van der Waals surface area contributed by atoms with Gasteiger partial charge in [0.1, 0.15) is 23.4 Å². The minimum absolute atomic E-state index is 0.00616. The van der Waals surface area contributed by atoms with Crippen molar-refractivity contribution in [2.75, 3.05) is 31.6 Å². The number of hydrogen-bond acceptors (Lipinski definition) is 7. The van der Waals surface area contributed by atoms with E-state index in [0.717, 1.165) is 12.1 Å². The van der Waals surface area contributed by atoms with Crippen molar-refractivity contribution in [3.05, 3.63) is 48.0 Å². The van der Waals surface area contributed by atoms with E-state index in [9.17, 15) is 31.5 Å². The first-order chi connectivity index (χ1) is 19.3. The molecule has 2 aromatic rings. The Hall–Kier alpha value is -3.85. The molecule has 1 aliphatic heterocycles. The summed E-state index contributed by atoms with van der Waals surface area (Å²) in [6, 6.07) is 7.73. The molecule has 1 heterocycles. The van der Waals surface area contributed by atoms with E-state index >= 15 is 0 Å². The van der Waals surface area contributed by atoms with Gasteiger partial charge in [0.05, 0.1) is 18.8 Å². The van der Waals surface area contributed by atoms with Gasteiger partial charge in [0.25, 0.3) is 5.91 Å². The maximum Gasteiger partial charge on any atom is 0.573 e. The van der Waals surface area contributed by atoms with E-state index in [4.69, 9.17) is 9.47 Å². The summed E-state index contributed by atoms with van der Waals surface area (Å²) in [7, 11) is 0. The summed E-state index contributed by atoms with van der Waals surface area (Å²) in [5.74, 6) is -1.11. The Labute approximate surface area is 232 Å². The lowest BCUT2D eigenvalue weighted by Gasteiger charge is -2.27. The van der Waals surface area contributed by atoms with Crippen LogP contribution in [0.2, 0.25) is 0 Å². The molecule has 0 bridgehead atoms. The molecule has 3 amide bonds. The molecule has 224 valence electrons. The summed E-state index contributed by atoms with van der Waals surface area (Å²) in [5.41, 5.74) is 2.82. The molecule has 2 unspecified atom stereocenters. The fourth-order valence-electron chi connectivity index (χ4n) is 4.42. The molecule has 1 saturated heterocycles. The number of morpholine rings is 1. The number of nitrogens with one attached hydrogen (secondary N) is 3. The molecule has 2 aromatic carbocycles. The largest absolute Gasteiger partial charge is 0.573 e. The van der Waals surface area contributed by atoms with Crippen molar-refractivity contribution >= 4 is 17.6 Å². The SMILES string of the molecule is CC(F)(F)Oc1ccc(OC2CCC(NC(=O)Nc3cccc(OC(F)(F)F)c3)C2)c(C(=O)NN2CCOCC2)c1. The summed E-state index contributed by atoms with van der Waals surface area (Å²) >= 11 is 0.